The van der Waals surface area contributed by atoms with Crippen LogP contribution in [-0.2, 0) is 0 Å². The average Bonchev–Trinajstić information content (AvgIpc) is 3.10. The number of para-hydroxylation sites is 1. The molecule has 3 aromatic rings. The Morgan fingerprint density at radius 3 is 2.40 bits per heavy atom. The standard InChI is InChI=1S/C23H29N3O2S.ClH/c1-16(2)28-19-12-10-18(11-13-19)22(27)26(15-7-14-25(4)5)23-24-21-17(3)8-6-9-20(21)29-23;/h6,8-13,16H,7,14-15H2,1-5H3;1H. The van der Waals surface area contributed by atoms with Crippen LogP contribution in [0.15, 0.2) is 42.5 Å². The van der Waals surface area contributed by atoms with E-state index in [4.69, 9.17) is 9.72 Å². The molecule has 7 heteroatoms. The highest BCUT2D eigenvalue weighted by molar-refractivity contribution is 7.22. The zero-order chi connectivity index (χ0) is 21.0. The van der Waals surface area contributed by atoms with Crippen molar-refractivity contribution in [2.24, 2.45) is 0 Å². The number of hydrogen-bond acceptors (Lipinski definition) is 5. The number of halogens is 1. The minimum atomic E-state index is -0.0310. The fourth-order valence-electron chi connectivity index (χ4n) is 3.12. The van der Waals surface area contributed by atoms with Crippen molar-refractivity contribution in [2.45, 2.75) is 33.3 Å². The van der Waals surface area contributed by atoms with Crippen LogP contribution < -0.4 is 9.64 Å². The first-order valence-corrected chi connectivity index (χ1v) is 10.8. The number of benzene rings is 2. The maximum atomic E-state index is 13.4. The first kappa shape index (κ1) is 24.1. The molecule has 2 aromatic carbocycles. The van der Waals surface area contributed by atoms with E-state index < -0.39 is 0 Å². The van der Waals surface area contributed by atoms with Crippen LogP contribution in [0.4, 0.5) is 5.13 Å². The number of amides is 1. The number of nitrogens with zero attached hydrogens (tertiary/aromatic N) is 3. The summed E-state index contributed by atoms with van der Waals surface area (Å²) in [5.74, 6) is 0.739. The Morgan fingerprint density at radius 1 is 1.10 bits per heavy atom. The maximum Gasteiger partial charge on any atom is 0.260 e. The number of carbonyl (C=O) groups is 1. The second-order valence-corrected chi connectivity index (χ2v) is 8.73. The summed E-state index contributed by atoms with van der Waals surface area (Å²) in [5.41, 5.74) is 2.74. The lowest BCUT2D eigenvalue weighted by Gasteiger charge is -2.21. The van der Waals surface area contributed by atoms with Gasteiger partial charge in [0, 0.05) is 12.1 Å². The van der Waals surface area contributed by atoms with E-state index in [1.807, 2.05) is 63.2 Å². The third-order valence-electron chi connectivity index (χ3n) is 4.55. The van der Waals surface area contributed by atoms with Crippen molar-refractivity contribution in [1.82, 2.24) is 9.88 Å². The molecule has 162 valence electrons. The molecule has 0 bridgehead atoms. The smallest absolute Gasteiger partial charge is 0.260 e. The van der Waals surface area contributed by atoms with Gasteiger partial charge in [-0.25, -0.2) is 4.98 Å². The topological polar surface area (TPSA) is 45.7 Å². The van der Waals surface area contributed by atoms with Gasteiger partial charge in [-0.1, -0.05) is 23.5 Å². The molecular formula is C23H30ClN3O2S. The number of carbonyl (C=O) groups excluding carboxylic acids is 1. The fourth-order valence-corrected chi connectivity index (χ4v) is 4.19. The SMILES string of the molecule is Cc1cccc2sc(N(CCCN(C)C)C(=O)c3ccc(OC(C)C)cc3)nc12.Cl. The molecule has 0 saturated carbocycles. The van der Waals surface area contributed by atoms with E-state index >= 15 is 0 Å². The Kier molecular flexibility index (Phi) is 8.65. The minimum absolute atomic E-state index is 0. The molecule has 0 radical (unpaired) electrons. The molecule has 1 amide bonds. The summed E-state index contributed by atoms with van der Waals surface area (Å²) >= 11 is 1.57. The largest absolute Gasteiger partial charge is 0.491 e. The Labute approximate surface area is 189 Å². The van der Waals surface area contributed by atoms with Crippen LogP contribution in [-0.4, -0.2) is 49.1 Å². The summed E-state index contributed by atoms with van der Waals surface area (Å²) in [6.07, 6.45) is 0.979. The van der Waals surface area contributed by atoms with Crippen molar-refractivity contribution in [3.05, 3.63) is 53.6 Å². The van der Waals surface area contributed by atoms with Gasteiger partial charge in [0.1, 0.15) is 5.75 Å². The molecule has 1 heterocycles. The summed E-state index contributed by atoms with van der Waals surface area (Å²) < 4.78 is 6.80. The molecular weight excluding hydrogens is 418 g/mol. The van der Waals surface area contributed by atoms with E-state index in [9.17, 15) is 4.79 Å². The molecule has 0 fully saturated rings. The lowest BCUT2D eigenvalue weighted by atomic mass is 10.2. The Morgan fingerprint density at radius 2 is 1.80 bits per heavy atom. The van der Waals surface area contributed by atoms with Crippen LogP contribution in [0, 0.1) is 6.92 Å². The Hall–Kier alpha value is -2.15. The Bertz CT molecular complexity index is 970. The van der Waals surface area contributed by atoms with E-state index in [0.29, 0.717) is 12.1 Å². The number of aromatic nitrogens is 1. The van der Waals surface area contributed by atoms with Crippen molar-refractivity contribution in [3.8, 4) is 5.75 Å². The van der Waals surface area contributed by atoms with Crippen molar-refractivity contribution in [3.63, 3.8) is 0 Å². The number of aryl methyl sites for hydroxylation is 1. The third-order valence-corrected chi connectivity index (χ3v) is 5.59. The summed E-state index contributed by atoms with van der Waals surface area (Å²) in [7, 11) is 4.08. The Balaban J connectivity index is 0.00000320. The van der Waals surface area contributed by atoms with Gasteiger partial charge in [-0.05, 0) is 83.7 Å². The normalized spacial score (nSPS) is 11.0. The van der Waals surface area contributed by atoms with Gasteiger partial charge in [0.2, 0.25) is 0 Å². The number of hydrogen-bond donors (Lipinski definition) is 0. The van der Waals surface area contributed by atoms with E-state index in [1.54, 1.807) is 11.3 Å². The van der Waals surface area contributed by atoms with Crippen LogP contribution in [0.2, 0.25) is 0 Å². The second-order valence-electron chi connectivity index (χ2n) is 7.72. The molecule has 0 saturated heterocycles. The molecule has 0 aliphatic carbocycles. The van der Waals surface area contributed by atoms with Crippen LogP contribution in [0.5, 0.6) is 5.75 Å². The van der Waals surface area contributed by atoms with Crippen LogP contribution in [0.3, 0.4) is 0 Å². The highest BCUT2D eigenvalue weighted by Gasteiger charge is 2.21. The molecule has 1 aromatic heterocycles. The predicted molar refractivity (Wildman–Crippen MR) is 129 cm³/mol. The average molecular weight is 448 g/mol. The highest BCUT2D eigenvalue weighted by Crippen LogP contribution is 2.31. The number of fused-ring (bicyclic) bond motifs is 1. The van der Waals surface area contributed by atoms with E-state index in [0.717, 1.165) is 39.6 Å². The van der Waals surface area contributed by atoms with E-state index in [-0.39, 0.29) is 24.4 Å². The van der Waals surface area contributed by atoms with Gasteiger partial charge in [0.05, 0.1) is 16.3 Å². The van der Waals surface area contributed by atoms with Crippen molar-refractivity contribution in [2.75, 3.05) is 32.1 Å². The molecule has 3 rings (SSSR count). The first-order valence-electron chi connectivity index (χ1n) is 9.94. The van der Waals surface area contributed by atoms with Gasteiger partial charge in [0.25, 0.3) is 5.91 Å². The van der Waals surface area contributed by atoms with Gasteiger partial charge in [-0.15, -0.1) is 12.4 Å². The predicted octanol–water partition coefficient (Wildman–Crippen LogP) is 5.41. The second kappa shape index (κ2) is 10.8. The number of thiazole rings is 1. The molecule has 5 nitrogen and oxygen atoms in total. The van der Waals surface area contributed by atoms with Gasteiger partial charge < -0.3 is 9.64 Å². The van der Waals surface area contributed by atoms with Crippen molar-refractivity contribution in [1.29, 1.82) is 0 Å². The third kappa shape index (κ3) is 5.94. The summed E-state index contributed by atoms with van der Waals surface area (Å²) in [6, 6.07) is 13.5. The minimum Gasteiger partial charge on any atom is -0.491 e. The van der Waals surface area contributed by atoms with E-state index in [2.05, 4.69) is 24.0 Å². The summed E-state index contributed by atoms with van der Waals surface area (Å²) in [6.45, 7) is 7.56. The fraction of sp³-hybridized carbons (Fsp3) is 0.391. The van der Waals surface area contributed by atoms with Gasteiger partial charge in [-0.3, -0.25) is 9.69 Å². The van der Waals surface area contributed by atoms with E-state index in [1.165, 1.54) is 0 Å². The van der Waals surface area contributed by atoms with Gasteiger partial charge in [0.15, 0.2) is 5.13 Å². The van der Waals surface area contributed by atoms with Crippen molar-refractivity contribution >= 4 is 45.0 Å². The van der Waals surface area contributed by atoms with Crippen molar-refractivity contribution < 1.29 is 9.53 Å². The quantitative estimate of drug-likeness (QED) is 0.463. The zero-order valence-corrected chi connectivity index (χ0v) is 19.8. The molecule has 0 unspecified atom stereocenters. The van der Waals surface area contributed by atoms with Gasteiger partial charge in [-0.2, -0.15) is 0 Å². The molecule has 0 N–H and O–H groups in total. The molecule has 0 spiro atoms. The molecule has 0 atom stereocenters. The van der Waals surface area contributed by atoms with Crippen LogP contribution in [0.25, 0.3) is 10.2 Å². The highest BCUT2D eigenvalue weighted by atomic mass is 35.5. The number of ether oxygens (including phenoxy) is 1. The number of anilines is 1. The van der Waals surface area contributed by atoms with Gasteiger partial charge >= 0.3 is 0 Å². The monoisotopic (exact) mass is 447 g/mol. The number of rotatable bonds is 8. The lowest BCUT2D eigenvalue weighted by molar-refractivity contribution is 0.0986. The molecule has 0 aliphatic rings. The molecule has 30 heavy (non-hydrogen) atoms. The first-order chi connectivity index (χ1) is 13.8. The maximum absolute atomic E-state index is 13.4. The zero-order valence-electron chi connectivity index (χ0n) is 18.2. The van der Waals surface area contributed by atoms with Crippen LogP contribution >= 0.6 is 23.7 Å². The summed E-state index contributed by atoms with van der Waals surface area (Å²) in [5, 5.41) is 0.751. The molecule has 0 aliphatic heterocycles. The lowest BCUT2D eigenvalue weighted by Crippen LogP contribution is -2.33. The summed E-state index contributed by atoms with van der Waals surface area (Å²) in [4.78, 5) is 22.1. The van der Waals surface area contributed by atoms with Crippen LogP contribution in [0.1, 0.15) is 36.2 Å².